The standard InChI is InChI=1S/C14H15FN2OS/c1-17-11(8-9-16-17)6-7-12(18)10-19-14-5-3-2-4-13(14)15/h2-5,8-9H,6-7,10H2,1H3. The Morgan fingerprint density at radius 3 is 2.84 bits per heavy atom. The molecular weight excluding hydrogens is 263 g/mol. The van der Waals surface area contributed by atoms with Crippen LogP contribution in [0.5, 0.6) is 0 Å². The van der Waals surface area contributed by atoms with Crippen LogP contribution in [0, 0.1) is 5.82 Å². The molecule has 2 rings (SSSR count). The highest BCUT2D eigenvalue weighted by molar-refractivity contribution is 8.00. The van der Waals surface area contributed by atoms with E-state index in [9.17, 15) is 9.18 Å². The van der Waals surface area contributed by atoms with E-state index in [-0.39, 0.29) is 11.6 Å². The third-order valence-electron chi connectivity index (χ3n) is 2.81. The number of benzene rings is 1. The van der Waals surface area contributed by atoms with E-state index in [0.717, 1.165) is 5.69 Å². The minimum Gasteiger partial charge on any atom is -0.299 e. The maximum atomic E-state index is 13.4. The Bertz CT molecular complexity index is 568. The summed E-state index contributed by atoms with van der Waals surface area (Å²) in [6, 6.07) is 8.41. The molecule has 5 heteroatoms. The van der Waals surface area contributed by atoms with Gasteiger partial charge in [0.05, 0.1) is 5.75 Å². The van der Waals surface area contributed by atoms with Crippen LogP contribution in [0.15, 0.2) is 41.4 Å². The van der Waals surface area contributed by atoms with Gasteiger partial charge in [-0.1, -0.05) is 12.1 Å². The summed E-state index contributed by atoms with van der Waals surface area (Å²) >= 11 is 1.25. The van der Waals surface area contributed by atoms with E-state index in [2.05, 4.69) is 5.10 Å². The number of Topliss-reactive ketones (excluding diaryl/α,β-unsaturated/α-hetero) is 1. The molecule has 19 heavy (non-hydrogen) atoms. The molecule has 1 aromatic carbocycles. The summed E-state index contributed by atoms with van der Waals surface area (Å²) in [5.41, 5.74) is 1.03. The summed E-state index contributed by atoms with van der Waals surface area (Å²) in [5.74, 6) is 0.153. The van der Waals surface area contributed by atoms with E-state index in [1.54, 1.807) is 29.1 Å². The van der Waals surface area contributed by atoms with Gasteiger partial charge in [0.2, 0.25) is 0 Å². The molecule has 3 nitrogen and oxygen atoms in total. The van der Waals surface area contributed by atoms with E-state index in [4.69, 9.17) is 0 Å². The average molecular weight is 278 g/mol. The van der Waals surface area contributed by atoms with Gasteiger partial charge in [-0.25, -0.2) is 4.39 Å². The smallest absolute Gasteiger partial charge is 0.143 e. The van der Waals surface area contributed by atoms with Gasteiger partial charge in [0.1, 0.15) is 11.6 Å². The molecule has 0 aliphatic rings. The first-order valence-electron chi connectivity index (χ1n) is 6.02. The maximum absolute atomic E-state index is 13.4. The van der Waals surface area contributed by atoms with Crippen molar-refractivity contribution in [2.24, 2.45) is 7.05 Å². The number of rotatable bonds is 6. The fraction of sp³-hybridized carbons (Fsp3) is 0.286. The molecule has 0 amide bonds. The number of hydrogen-bond donors (Lipinski definition) is 0. The second-order valence-electron chi connectivity index (χ2n) is 4.20. The van der Waals surface area contributed by atoms with Gasteiger partial charge in [0.25, 0.3) is 0 Å². The van der Waals surface area contributed by atoms with Gasteiger partial charge < -0.3 is 0 Å². The van der Waals surface area contributed by atoms with E-state index < -0.39 is 0 Å². The lowest BCUT2D eigenvalue weighted by molar-refractivity contribution is -0.116. The number of aromatic nitrogens is 2. The highest BCUT2D eigenvalue weighted by atomic mass is 32.2. The number of carbonyl (C=O) groups excluding carboxylic acids is 1. The van der Waals surface area contributed by atoms with Crippen molar-refractivity contribution in [2.75, 3.05) is 5.75 Å². The van der Waals surface area contributed by atoms with Crippen molar-refractivity contribution in [3.63, 3.8) is 0 Å². The Hall–Kier alpha value is -1.62. The van der Waals surface area contributed by atoms with Crippen LogP contribution in [-0.4, -0.2) is 21.3 Å². The zero-order valence-corrected chi connectivity index (χ0v) is 11.5. The van der Waals surface area contributed by atoms with Crippen molar-refractivity contribution in [3.8, 4) is 0 Å². The molecule has 2 aromatic rings. The first kappa shape index (κ1) is 13.8. The number of carbonyl (C=O) groups is 1. The number of thioether (sulfide) groups is 1. The quantitative estimate of drug-likeness (QED) is 0.762. The average Bonchev–Trinajstić information content (AvgIpc) is 2.81. The van der Waals surface area contributed by atoms with Crippen LogP contribution < -0.4 is 0 Å². The lowest BCUT2D eigenvalue weighted by Crippen LogP contribution is -2.06. The maximum Gasteiger partial charge on any atom is 0.143 e. The van der Waals surface area contributed by atoms with Crippen LogP contribution in [0.2, 0.25) is 0 Å². The first-order valence-corrected chi connectivity index (χ1v) is 7.01. The van der Waals surface area contributed by atoms with Crippen molar-refractivity contribution < 1.29 is 9.18 Å². The summed E-state index contributed by atoms with van der Waals surface area (Å²) in [5, 5.41) is 4.05. The van der Waals surface area contributed by atoms with Gasteiger partial charge in [-0.2, -0.15) is 5.10 Å². The minimum atomic E-state index is -0.271. The van der Waals surface area contributed by atoms with Crippen LogP contribution in [0.1, 0.15) is 12.1 Å². The van der Waals surface area contributed by atoms with Gasteiger partial charge >= 0.3 is 0 Å². The first-order chi connectivity index (χ1) is 9.16. The van der Waals surface area contributed by atoms with Gasteiger partial charge in [0, 0.05) is 30.3 Å². The topological polar surface area (TPSA) is 34.9 Å². The summed E-state index contributed by atoms with van der Waals surface area (Å²) in [7, 11) is 1.86. The summed E-state index contributed by atoms with van der Waals surface area (Å²) in [6.45, 7) is 0. The Morgan fingerprint density at radius 1 is 1.37 bits per heavy atom. The molecule has 0 aliphatic carbocycles. The lowest BCUT2D eigenvalue weighted by atomic mass is 10.2. The molecule has 0 unspecified atom stereocenters. The zero-order chi connectivity index (χ0) is 13.7. The van der Waals surface area contributed by atoms with Crippen LogP contribution >= 0.6 is 11.8 Å². The molecule has 100 valence electrons. The van der Waals surface area contributed by atoms with Gasteiger partial charge in [-0.15, -0.1) is 11.8 Å². The van der Waals surface area contributed by atoms with Gasteiger partial charge in [0.15, 0.2) is 0 Å². The van der Waals surface area contributed by atoms with Crippen molar-refractivity contribution in [2.45, 2.75) is 17.7 Å². The number of hydrogen-bond acceptors (Lipinski definition) is 3. The Kier molecular flexibility index (Phi) is 4.74. The molecule has 0 fully saturated rings. The predicted octanol–water partition coefficient (Wildman–Crippen LogP) is 2.85. The summed E-state index contributed by atoms with van der Waals surface area (Å²) in [4.78, 5) is 12.3. The van der Waals surface area contributed by atoms with Crippen molar-refractivity contribution in [1.82, 2.24) is 9.78 Å². The molecular formula is C14H15FN2OS. The molecule has 0 bridgehead atoms. The Labute approximate surface area is 115 Å². The second-order valence-corrected chi connectivity index (χ2v) is 5.22. The summed E-state index contributed by atoms with van der Waals surface area (Å²) < 4.78 is 15.1. The van der Waals surface area contributed by atoms with Crippen molar-refractivity contribution in [3.05, 3.63) is 48.0 Å². The number of nitrogens with zero attached hydrogens (tertiary/aromatic N) is 2. The van der Waals surface area contributed by atoms with Crippen LogP contribution in [-0.2, 0) is 18.3 Å². The predicted molar refractivity (Wildman–Crippen MR) is 73.7 cm³/mol. The molecule has 0 saturated heterocycles. The zero-order valence-electron chi connectivity index (χ0n) is 10.7. The van der Waals surface area contributed by atoms with Crippen LogP contribution in [0.25, 0.3) is 0 Å². The number of halogens is 1. The number of ketones is 1. The summed E-state index contributed by atoms with van der Waals surface area (Å²) in [6.07, 6.45) is 2.85. The monoisotopic (exact) mass is 278 g/mol. The minimum absolute atomic E-state index is 0.120. The van der Waals surface area contributed by atoms with E-state index in [0.29, 0.717) is 23.5 Å². The fourth-order valence-corrected chi connectivity index (χ4v) is 2.55. The fourth-order valence-electron chi connectivity index (χ4n) is 1.71. The Balaban J connectivity index is 1.79. The third kappa shape index (κ3) is 3.92. The molecule has 1 heterocycles. The van der Waals surface area contributed by atoms with Gasteiger partial charge in [-0.3, -0.25) is 9.48 Å². The van der Waals surface area contributed by atoms with E-state index in [1.165, 1.54) is 17.8 Å². The van der Waals surface area contributed by atoms with Crippen LogP contribution in [0.4, 0.5) is 4.39 Å². The molecule has 0 aliphatic heterocycles. The molecule has 1 aromatic heterocycles. The van der Waals surface area contributed by atoms with Crippen molar-refractivity contribution in [1.29, 1.82) is 0 Å². The molecule has 0 radical (unpaired) electrons. The highest BCUT2D eigenvalue weighted by Crippen LogP contribution is 2.21. The SMILES string of the molecule is Cn1nccc1CCC(=O)CSc1ccccc1F. The van der Waals surface area contributed by atoms with Crippen molar-refractivity contribution >= 4 is 17.5 Å². The molecule has 0 N–H and O–H groups in total. The second kappa shape index (κ2) is 6.52. The van der Waals surface area contributed by atoms with E-state index >= 15 is 0 Å². The molecule has 0 atom stereocenters. The normalized spacial score (nSPS) is 10.6. The number of aryl methyl sites for hydroxylation is 2. The van der Waals surface area contributed by atoms with Gasteiger partial charge in [-0.05, 0) is 24.6 Å². The third-order valence-corrected chi connectivity index (χ3v) is 3.92. The molecule has 0 spiro atoms. The molecule has 0 saturated carbocycles. The highest BCUT2D eigenvalue weighted by Gasteiger charge is 2.08. The lowest BCUT2D eigenvalue weighted by Gasteiger charge is -2.03. The largest absolute Gasteiger partial charge is 0.299 e. The van der Waals surface area contributed by atoms with Crippen LogP contribution in [0.3, 0.4) is 0 Å². The Morgan fingerprint density at radius 2 is 2.16 bits per heavy atom. The van der Waals surface area contributed by atoms with E-state index in [1.807, 2.05) is 13.1 Å².